The van der Waals surface area contributed by atoms with Crippen molar-refractivity contribution in [3.8, 4) is 0 Å². The van der Waals surface area contributed by atoms with Crippen LogP contribution in [0.25, 0.3) is 0 Å². The van der Waals surface area contributed by atoms with Gasteiger partial charge in [-0.3, -0.25) is 4.98 Å². The molecule has 0 unspecified atom stereocenters. The average molecular weight is 349 g/mol. The van der Waals surface area contributed by atoms with Crippen molar-refractivity contribution in [3.05, 3.63) is 58.3 Å². The lowest BCUT2D eigenvalue weighted by molar-refractivity contribution is -0.0509. The van der Waals surface area contributed by atoms with Gasteiger partial charge >= 0.3 is 0 Å². The lowest BCUT2D eigenvalue weighted by atomic mass is 9.56. The normalized spacial score (nSPS) is 20.9. The number of hydrogen-bond donors (Lipinski definition) is 1. The molecule has 1 atom stereocenters. The van der Waals surface area contributed by atoms with Crippen molar-refractivity contribution in [2.45, 2.75) is 18.9 Å². The zero-order valence-corrected chi connectivity index (χ0v) is 14.1. The van der Waals surface area contributed by atoms with E-state index in [4.69, 9.17) is 23.2 Å². The molecule has 1 spiro atoms. The van der Waals surface area contributed by atoms with E-state index in [-0.39, 0.29) is 0 Å². The summed E-state index contributed by atoms with van der Waals surface area (Å²) in [7, 11) is 0. The van der Waals surface area contributed by atoms with Gasteiger partial charge in [0, 0.05) is 36.6 Å². The number of aromatic nitrogens is 1. The summed E-state index contributed by atoms with van der Waals surface area (Å²) in [5.41, 5.74) is 2.41. The molecule has 1 aromatic carbocycles. The average Bonchev–Trinajstić information content (AvgIpc) is 2.48. The topological polar surface area (TPSA) is 36.4 Å². The van der Waals surface area contributed by atoms with Crippen molar-refractivity contribution in [2.75, 3.05) is 18.0 Å². The van der Waals surface area contributed by atoms with Crippen molar-refractivity contribution in [3.63, 3.8) is 0 Å². The molecule has 0 amide bonds. The maximum Gasteiger partial charge on any atom is 0.0833 e. The molecule has 1 saturated heterocycles. The summed E-state index contributed by atoms with van der Waals surface area (Å²) in [6.45, 7) is 2.06. The molecular weight excluding hydrogens is 331 g/mol. The first kappa shape index (κ1) is 15.3. The fourth-order valence-electron chi connectivity index (χ4n) is 3.98. The molecule has 2 aliphatic rings. The third-order valence-electron chi connectivity index (χ3n) is 5.18. The van der Waals surface area contributed by atoms with Crippen LogP contribution in [0.15, 0.2) is 42.7 Å². The molecule has 120 valence electrons. The highest BCUT2D eigenvalue weighted by atomic mass is 35.5. The number of rotatable bonds is 3. The number of nitrogens with zero attached hydrogens (tertiary/aromatic N) is 2. The van der Waals surface area contributed by atoms with E-state index >= 15 is 0 Å². The van der Waals surface area contributed by atoms with Gasteiger partial charge in [0.15, 0.2) is 0 Å². The maximum atomic E-state index is 10.5. The van der Waals surface area contributed by atoms with Crippen LogP contribution in [0.2, 0.25) is 10.0 Å². The fourth-order valence-corrected chi connectivity index (χ4v) is 4.28. The Kier molecular flexibility index (Phi) is 3.75. The third-order valence-corrected chi connectivity index (χ3v) is 5.92. The van der Waals surface area contributed by atoms with Crippen molar-refractivity contribution in [2.24, 2.45) is 11.3 Å². The molecule has 2 heterocycles. The van der Waals surface area contributed by atoms with Gasteiger partial charge < -0.3 is 10.0 Å². The summed E-state index contributed by atoms with van der Waals surface area (Å²) in [6, 6.07) is 9.62. The van der Waals surface area contributed by atoms with Crippen LogP contribution in [0.1, 0.15) is 24.5 Å². The van der Waals surface area contributed by atoms with Crippen molar-refractivity contribution in [1.29, 1.82) is 0 Å². The van der Waals surface area contributed by atoms with Crippen LogP contribution in [0.4, 0.5) is 5.69 Å². The van der Waals surface area contributed by atoms with Crippen molar-refractivity contribution >= 4 is 28.9 Å². The molecule has 1 aliphatic heterocycles. The van der Waals surface area contributed by atoms with Crippen LogP contribution in [0.3, 0.4) is 0 Å². The first-order valence-electron chi connectivity index (χ1n) is 7.84. The molecule has 0 bridgehead atoms. The van der Waals surface area contributed by atoms with Crippen molar-refractivity contribution < 1.29 is 5.11 Å². The number of benzene rings is 1. The van der Waals surface area contributed by atoms with Crippen LogP contribution in [-0.4, -0.2) is 23.2 Å². The highest BCUT2D eigenvalue weighted by Crippen LogP contribution is 2.56. The Morgan fingerprint density at radius 3 is 2.61 bits per heavy atom. The van der Waals surface area contributed by atoms with Gasteiger partial charge in [0.1, 0.15) is 0 Å². The number of hydrogen-bond acceptors (Lipinski definition) is 3. The van der Waals surface area contributed by atoms with Gasteiger partial charge in [-0.25, -0.2) is 0 Å². The van der Waals surface area contributed by atoms with E-state index in [0.29, 0.717) is 21.4 Å². The van der Waals surface area contributed by atoms with E-state index in [2.05, 4.69) is 9.88 Å². The smallest absolute Gasteiger partial charge is 0.0833 e. The third kappa shape index (κ3) is 2.71. The molecule has 5 heteroatoms. The molecule has 2 aromatic rings. The van der Waals surface area contributed by atoms with Gasteiger partial charge in [-0.1, -0.05) is 29.3 Å². The van der Waals surface area contributed by atoms with Gasteiger partial charge in [-0.15, -0.1) is 0 Å². The van der Waals surface area contributed by atoms with E-state index in [1.54, 1.807) is 12.4 Å². The van der Waals surface area contributed by atoms with E-state index < -0.39 is 6.10 Å². The van der Waals surface area contributed by atoms with Crippen LogP contribution in [0, 0.1) is 11.3 Å². The summed E-state index contributed by atoms with van der Waals surface area (Å²) in [5.74, 6) is 0.343. The number of aliphatic hydroxyl groups is 1. The second kappa shape index (κ2) is 5.66. The molecule has 1 aromatic heterocycles. The summed E-state index contributed by atoms with van der Waals surface area (Å²) in [5, 5.41) is 11.6. The molecule has 0 radical (unpaired) electrons. The summed E-state index contributed by atoms with van der Waals surface area (Å²) < 4.78 is 0. The summed E-state index contributed by atoms with van der Waals surface area (Å²) in [4.78, 5) is 6.42. The molecule has 1 saturated carbocycles. The Bertz CT molecular complexity index is 708. The Balaban J connectivity index is 1.35. The van der Waals surface area contributed by atoms with E-state index in [1.165, 1.54) is 0 Å². The lowest BCUT2D eigenvalue weighted by Gasteiger charge is -2.60. The van der Waals surface area contributed by atoms with Gasteiger partial charge in [0.05, 0.1) is 16.1 Å². The molecule has 1 N–H and O–H groups in total. The predicted octanol–water partition coefficient (Wildman–Crippen LogP) is 4.34. The van der Waals surface area contributed by atoms with Gasteiger partial charge in [-0.2, -0.15) is 0 Å². The largest absolute Gasteiger partial charge is 0.388 e. The first-order valence-corrected chi connectivity index (χ1v) is 8.60. The second-order valence-electron chi connectivity index (χ2n) is 6.85. The Morgan fingerprint density at radius 1 is 1.17 bits per heavy atom. The van der Waals surface area contributed by atoms with E-state index in [9.17, 15) is 5.11 Å². The summed E-state index contributed by atoms with van der Waals surface area (Å²) in [6.07, 6.45) is 5.24. The van der Waals surface area contributed by atoms with Gasteiger partial charge in [0.25, 0.3) is 0 Å². The van der Waals surface area contributed by atoms with Crippen molar-refractivity contribution in [1.82, 2.24) is 4.98 Å². The maximum absolute atomic E-state index is 10.5. The SMILES string of the molecule is O[C@H](c1cccnc1)C1CC2(C1)CN(c1ccc(Cl)c(Cl)c1)C2. The Hall–Kier alpha value is -1.29. The van der Waals surface area contributed by atoms with E-state index in [1.807, 2.05) is 30.3 Å². The summed E-state index contributed by atoms with van der Waals surface area (Å²) >= 11 is 12.1. The number of pyridine rings is 1. The lowest BCUT2D eigenvalue weighted by Crippen LogP contribution is -2.63. The molecule has 3 nitrogen and oxygen atoms in total. The minimum absolute atomic E-state index is 0.343. The zero-order chi connectivity index (χ0) is 16.0. The van der Waals surface area contributed by atoms with Crippen LogP contribution >= 0.6 is 23.2 Å². The monoisotopic (exact) mass is 348 g/mol. The fraction of sp³-hybridized carbons (Fsp3) is 0.389. The quantitative estimate of drug-likeness (QED) is 0.896. The van der Waals surface area contributed by atoms with Crippen LogP contribution in [0.5, 0.6) is 0 Å². The highest BCUT2D eigenvalue weighted by Gasteiger charge is 2.54. The minimum Gasteiger partial charge on any atom is -0.388 e. The number of halogens is 2. The molecular formula is C18H18Cl2N2O. The Morgan fingerprint density at radius 2 is 1.96 bits per heavy atom. The second-order valence-corrected chi connectivity index (χ2v) is 7.67. The molecule has 23 heavy (non-hydrogen) atoms. The van der Waals surface area contributed by atoms with E-state index in [0.717, 1.165) is 37.2 Å². The standard InChI is InChI=1S/C18H18Cl2N2O/c19-15-4-3-14(6-16(15)20)22-10-18(11-22)7-13(8-18)17(23)12-2-1-5-21-9-12/h1-6,9,13,17,23H,7-8,10-11H2/t17-/m1/s1. The molecule has 1 aliphatic carbocycles. The van der Waals surface area contributed by atoms with Crippen LogP contribution < -0.4 is 4.90 Å². The number of aliphatic hydroxyl groups excluding tert-OH is 1. The first-order chi connectivity index (χ1) is 11.1. The van der Waals surface area contributed by atoms with Crippen LogP contribution in [-0.2, 0) is 0 Å². The van der Waals surface area contributed by atoms with Gasteiger partial charge in [0.2, 0.25) is 0 Å². The molecule has 4 rings (SSSR count). The Labute approximate surface area is 145 Å². The van der Waals surface area contributed by atoms with Gasteiger partial charge in [-0.05, 0) is 48.6 Å². The minimum atomic E-state index is -0.395. The molecule has 2 fully saturated rings. The number of anilines is 1. The predicted molar refractivity (Wildman–Crippen MR) is 93.0 cm³/mol. The highest BCUT2D eigenvalue weighted by molar-refractivity contribution is 6.42. The zero-order valence-electron chi connectivity index (χ0n) is 12.6.